The highest BCUT2D eigenvalue weighted by atomic mass is 79.9. The van der Waals surface area contributed by atoms with Gasteiger partial charge in [0.05, 0.1) is 25.2 Å². The third-order valence-electron chi connectivity index (χ3n) is 5.39. The number of carbonyl (C=O) groups is 3. The molecule has 9 heteroatoms. The van der Waals surface area contributed by atoms with Gasteiger partial charge in [-0.15, -0.1) is 0 Å². The minimum Gasteiger partial charge on any atom is -0.493 e. The van der Waals surface area contributed by atoms with Gasteiger partial charge in [0.25, 0.3) is 17.7 Å². The van der Waals surface area contributed by atoms with E-state index in [-0.39, 0.29) is 47.8 Å². The molecule has 0 radical (unpaired) electrons. The maximum Gasteiger partial charge on any atom is 0.255 e. The van der Waals surface area contributed by atoms with Crippen molar-refractivity contribution in [3.8, 4) is 11.5 Å². The van der Waals surface area contributed by atoms with Gasteiger partial charge in [0.2, 0.25) is 0 Å². The Morgan fingerprint density at radius 1 is 1.29 bits per heavy atom. The second kappa shape index (κ2) is 7.05. The Labute approximate surface area is 169 Å². The Kier molecular flexibility index (Phi) is 4.70. The maximum absolute atomic E-state index is 12.7. The molecule has 0 aromatic heterocycles. The lowest BCUT2D eigenvalue weighted by molar-refractivity contribution is -0.140. The van der Waals surface area contributed by atoms with Gasteiger partial charge in [-0.05, 0) is 30.4 Å². The summed E-state index contributed by atoms with van der Waals surface area (Å²) in [5.74, 6) is -0.990. The van der Waals surface area contributed by atoms with Gasteiger partial charge in [0.1, 0.15) is 0 Å². The van der Waals surface area contributed by atoms with Crippen molar-refractivity contribution in [2.45, 2.75) is 6.42 Å². The first-order chi connectivity index (χ1) is 13.4. The number of benzene rings is 1. The predicted molar refractivity (Wildman–Crippen MR) is 103 cm³/mol. The third kappa shape index (κ3) is 2.99. The zero-order valence-corrected chi connectivity index (χ0v) is 16.6. The molecule has 2 fully saturated rings. The molecule has 2 aliphatic carbocycles. The number of amides is 3. The molecule has 146 valence electrons. The Morgan fingerprint density at radius 3 is 2.50 bits per heavy atom. The summed E-state index contributed by atoms with van der Waals surface area (Å²) in [5, 5.41) is 5.10. The van der Waals surface area contributed by atoms with Gasteiger partial charge in [-0.3, -0.25) is 14.4 Å². The molecular formula is C19H18BrN3O5. The number of methoxy groups -OCH3 is 1. The van der Waals surface area contributed by atoms with Crippen LogP contribution in [0, 0.1) is 23.7 Å². The number of nitrogens with two attached hydrogens (primary N) is 1. The molecule has 1 aliphatic heterocycles. The largest absolute Gasteiger partial charge is 0.493 e. The Balaban J connectivity index is 1.63. The number of fused-ring (bicyclic) bond motifs is 5. The average Bonchev–Trinajstić information content (AvgIpc) is 3.33. The molecule has 28 heavy (non-hydrogen) atoms. The number of primary amides is 1. The van der Waals surface area contributed by atoms with Gasteiger partial charge in [-0.1, -0.05) is 28.1 Å². The van der Waals surface area contributed by atoms with Gasteiger partial charge in [0.15, 0.2) is 18.1 Å². The van der Waals surface area contributed by atoms with Crippen LogP contribution >= 0.6 is 15.9 Å². The summed E-state index contributed by atoms with van der Waals surface area (Å²) in [6.07, 6.45) is 6.27. The van der Waals surface area contributed by atoms with E-state index in [9.17, 15) is 14.4 Å². The second-order valence-corrected chi connectivity index (χ2v) is 7.93. The van der Waals surface area contributed by atoms with Gasteiger partial charge in [-0.2, -0.15) is 10.1 Å². The quantitative estimate of drug-likeness (QED) is 0.403. The minimum absolute atomic E-state index is 0.118. The fourth-order valence-corrected chi connectivity index (χ4v) is 4.71. The van der Waals surface area contributed by atoms with E-state index in [1.54, 1.807) is 12.1 Å². The molecule has 3 aliphatic rings. The van der Waals surface area contributed by atoms with Crippen molar-refractivity contribution in [1.82, 2.24) is 5.01 Å². The summed E-state index contributed by atoms with van der Waals surface area (Å²) in [7, 11) is 1.46. The number of ether oxygens (including phenoxy) is 2. The Bertz CT molecular complexity index is 898. The lowest BCUT2D eigenvalue weighted by atomic mass is 9.85. The number of carbonyl (C=O) groups excluding carboxylic acids is 3. The van der Waals surface area contributed by atoms with Crippen LogP contribution in [0.1, 0.15) is 12.0 Å². The van der Waals surface area contributed by atoms with E-state index in [4.69, 9.17) is 15.2 Å². The number of allylic oxidation sites excluding steroid dienone is 2. The molecule has 1 saturated heterocycles. The number of hydrazone groups is 1. The summed E-state index contributed by atoms with van der Waals surface area (Å²) in [5.41, 5.74) is 5.59. The number of imide groups is 1. The van der Waals surface area contributed by atoms with Crippen LogP contribution in [0.4, 0.5) is 0 Å². The molecule has 1 aromatic carbocycles. The number of nitrogens with zero attached hydrogens (tertiary/aromatic N) is 2. The van der Waals surface area contributed by atoms with Gasteiger partial charge in [-0.25, -0.2) is 0 Å². The van der Waals surface area contributed by atoms with Crippen LogP contribution in [-0.4, -0.2) is 42.7 Å². The van der Waals surface area contributed by atoms with E-state index in [2.05, 4.69) is 21.0 Å². The first-order valence-electron chi connectivity index (χ1n) is 8.79. The number of hydrogen-bond acceptors (Lipinski definition) is 6. The summed E-state index contributed by atoms with van der Waals surface area (Å²) in [6, 6.07) is 3.34. The average molecular weight is 448 g/mol. The van der Waals surface area contributed by atoms with Crippen molar-refractivity contribution < 1.29 is 23.9 Å². The zero-order chi connectivity index (χ0) is 20.0. The van der Waals surface area contributed by atoms with E-state index in [0.29, 0.717) is 15.8 Å². The van der Waals surface area contributed by atoms with Gasteiger partial charge < -0.3 is 15.2 Å². The smallest absolute Gasteiger partial charge is 0.255 e. The molecule has 4 unspecified atom stereocenters. The molecule has 8 nitrogen and oxygen atoms in total. The van der Waals surface area contributed by atoms with Crippen LogP contribution in [0.15, 0.2) is 33.9 Å². The summed E-state index contributed by atoms with van der Waals surface area (Å²) < 4.78 is 11.4. The van der Waals surface area contributed by atoms with Crippen LogP contribution in [-0.2, 0) is 14.4 Å². The molecule has 0 spiro atoms. The molecule has 4 rings (SSSR count). The third-order valence-corrected chi connectivity index (χ3v) is 5.84. The number of halogens is 1. The van der Waals surface area contributed by atoms with Crippen molar-refractivity contribution in [3.05, 3.63) is 34.3 Å². The normalized spacial score (nSPS) is 27.7. The molecule has 1 heterocycles. The molecule has 4 atom stereocenters. The fourth-order valence-electron chi connectivity index (χ4n) is 4.25. The van der Waals surface area contributed by atoms with Crippen LogP contribution in [0.3, 0.4) is 0 Å². The first-order valence-corrected chi connectivity index (χ1v) is 9.58. The number of hydrogen-bond donors (Lipinski definition) is 1. The number of rotatable bonds is 6. The van der Waals surface area contributed by atoms with Crippen LogP contribution < -0.4 is 15.2 Å². The van der Waals surface area contributed by atoms with E-state index < -0.39 is 5.91 Å². The SMILES string of the molecule is COc1cc(Br)cc(C=NN2C(=O)C3C4C=CC(C4)C3C2=O)c1OCC(N)=O. The van der Waals surface area contributed by atoms with Crippen LogP contribution in [0.5, 0.6) is 11.5 Å². The van der Waals surface area contributed by atoms with Crippen molar-refractivity contribution in [3.63, 3.8) is 0 Å². The summed E-state index contributed by atoms with van der Waals surface area (Å²) in [4.78, 5) is 36.6. The molecule has 2 bridgehead atoms. The summed E-state index contributed by atoms with van der Waals surface area (Å²) in [6.45, 7) is -0.348. The maximum atomic E-state index is 12.7. The zero-order valence-electron chi connectivity index (χ0n) is 15.0. The standard InChI is InChI=1S/C19H18BrN3O5/c1-27-13-6-12(20)5-11(17(13)28-8-14(21)24)7-22-23-18(25)15-9-2-3-10(4-9)16(15)19(23)26/h2-3,5-7,9-10,15-16H,4,8H2,1H3,(H2,21,24). The van der Waals surface area contributed by atoms with E-state index in [0.717, 1.165) is 11.4 Å². The Morgan fingerprint density at radius 2 is 1.93 bits per heavy atom. The fraction of sp³-hybridized carbons (Fsp3) is 0.368. The predicted octanol–water partition coefficient (Wildman–Crippen LogP) is 1.46. The topological polar surface area (TPSA) is 111 Å². The van der Waals surface area contributed by atoms with E-state index in [1.165, 1.54) is 13.3 Å². The Hall–Kier alpha value is -2.68. The van der Waals surface area contributed by atoms with Crippen molar-refractivity contribution in [2.75, 3.05) is 13.7 Å². The molecular weight excluding hydrogens is 430 g/mol. The van der Waals surface area contributed by atoms with Crippen molar-refractivity contribution >= 4 is 39.9 Å². The highest BCUT2D eigenvalue weighted by molar-refractivity contribution is 9.10. The summed E-state index contributed by atoms with van der Waals surface area (Å²) >= 11 is 3.36. The van der Waals surface area contributed by atoms with Gasteiger partial charge in [0, 0.05) is 10.0 Å². The highest BCUT2D eigenvalue weighted by Crippen LogP contribution is 2.52. The van der Waals surface area contributed by atoms with Gasteiger partial charge >= 0.3 is 0 Å². The lowest BCUT2D eigenvalue weighted by Crippen LogP contribution is -2.28. The van der Waals surface area contributed by atoms with E-state index in [1.807, 2.05) is 12.2 Å². The monoisotopic (exact) mass is 447 g/mol. The second-order valence-electron chi connectivity index (χ2n) is 7.01. The van der Waals surface area contributed by atoms with Crippen LogP contribution in [0.25, 0.3) is 0 Å². The first kappa shape index (κ1) is 18.7. The lowest BCUT2D eigenvalue weighted by Gasteiger charge is -2.14. The minimum atomic E-state index is -0.645. The van der Waals surface area contributed by atoms with E-state index >= 15 is 0 Å². The molecule has 2 N–H and O–H groups in total. The van der Waals surface area contributed by atoms with Crippen molar-refractivity contribution in [1.29, 1.82) is 0 Å². The van der Waals surface area contributed by atoms with Crippen molar-refractivity contribution in [2.24, 2.45) is 34.5 Å². The molecule has 1 saturated carbocycles. The molecule has 1 aromatic rings. The highest BCUT2D eigenvalue weighted by Gasteiger charge is 2.59. The van der Waals surface area contributed by atoms with Crippen LogP contribution in [0.2, 0.25) is 0 Å². The molecule has 3 amide bonds.